The minimum Gasteiger partial charge on any atom is -0.356 e. The lowest BCUT2D eigenvalue weighted by Crippen LogP contribution is -2.20. The molecule has 130 valence electrons. The quantitative estimate of drug-likeness (QED) is 0.715. The molecule has 1 aliphatic rings. The molecule has 0 amide bonds. The average molecular weight is 340 g/mol. The van der Waals surface area contributed by atoms with Gasteiger partial charge in [-0.25, -0.2) is 4.98 Å². The largest absolute Gasteiger partial charge is 0.356 e. The first-order valence-corrected chi connectivity index (χ1v) is 8.45. The molecule has 0 spiro atoms. The summed E-state index contributed by atoms with van der Waals surface area (Å²) in [6, 6.07) is 3.87. The fourth-order valence-electron chi connectivity index (χ4n) is 2.96. The van der Waals surface area contributed by atoms with Crippen LogP contribution in [0.3, 0.4) is 0 Å². The van der Waals surface area contributed by atoms with Crippen molar-refractivity contribution in [2.24, 2.45) is 0 Å². The predicted octanol–water partition coefficient (Wildman–Crippen LogP) is 2.94. The van der Waals surface area contributed by atoms with Crippen molar-refractivity contribution in [3.63, 3.8) is 0 Å². The van der Waals surface area contributed by atoms with Crippen LogP contribution in [0.4, 0.5) is 5.82 Å². The van der Waals surface area contributed by atoms with Gasteiger partial charge in [-0.3, -0.25) is 0 Å². The van der Waals surface area contributed by atoms with Crippen LogP contribution in [-0.2, 0) is 0 Å². The Labute approximate surface area is 145 Å². The summed E-state index contributed by atoms with van der Waals surface area (Å²) in [5.41, 5.74) is 0.876. The summed E-state index contributed by atoms with van der Waals surface area (Å²) >= 11 is 0. The molecule has 1 atom stereocenters. The van der Waals surface area contributed by atoms with Gasteiger partial charge in [0.2, 0.25) is 5.89 Å². The molecule has 25 heavy (non-hydrogen) atoms. The van der Waals surface area contributed by atoms with Crippen molar-refractivity contribution in [1.29, 1.82) is 0 Å². The number of aryl methyl sites for hydroxylation is 1. The van der Waals surface area contributed by atoms with Crippen LogP contribution >= 0.6 is 0 Å². The molecule has 0 saturated carbocycles. The summed E-state index contributed by atoms with van der Waals surface area (Å²) in [6.07, 6.45) is 2.74. The van der Waals surface area contributed by atoms with E-state index in [-0.39, 0.29) is 11.8 Å². The predicted molar refractivity (Wildman–Crippen MR) is 90.2 cm³/mol. The Morgan fingerprint density at radius 2 is 2.08 bits per heavy atom. The fraction of sp³-hybridized carbons (Fsp3) is 0.471. The van der Waals surface area contributed by atoms with Gasteiger partial charge in [0.15, 0.2) is 11.6 Å². The Kier molecular flexibility index (Phi) is 3.95. The van der Waals surface area contributed by atoms with Crippen molar-refractivity contribution in [3.05, 3.63) is 35.9 Å². The van der Waals surface area contributed by atoms with Crippen LogP contribution in [-0.4, -0.2) is 38.4 Å². The molecule has 3 aromatic heterocycles. The second-order valence-corrected chi connectivity index (χ2v) is 6.63. The molecule has 1 saturated heterocycles. The van der Waals surface area contributed by atoms with Gasteiger partial charge < -0.3 is 13.9 Å². The molecule has 4 heterocycles. The van der Waals surface area contributed by atoms with Gasteiger partial charge in [0.1, 0.15) is 5.82 Å². The van der Waals surface area contributed by atoms with Crippen molar-refractivity contribution in [3.8, 4) is 11.5 Å². The number of aromatic nitrogens is 5. The SMILES string of the molecule is Cc1noc(C2CCN(c3cc(-c4nc(C(C)C)no4)ccn3)C2)n1. The first kappa shape index (κ1) is 15.7. The number of nitrogens with zero attached hydrogens (tertiary/aromatic N) is 6. The third-order valence-corrected chi connectivity index (χ3v) is 4.36. The van der Waals surface area contributed by atoms with Gasteiger partial charge >= 0.3 is 0 Å². The second-order valence-electron chi connectivity index (χ2n) is 6.63. The average Bonchev–Trinajstić information content (AvgIpc) is 3.35. The molecule has 0 aliphatic carbocycles. The number of hydrogen-bond acceptors (Lipinski definition) is 8. The van der Waals surface area contributed by atoms with E-state index >= 15 is 0 Å². The molecule has 4 rings (SSSR count). The standard InChI is InChI=1S/C17H20N6O2/c1-10(2)15-20-16(25-22-15)12-4-6-18-14(8-12)23-7-5-13(9-23)17-19-11(3)21-24-17/h4,6,8,10,13H,5,7,9H2,1-3H3. The van der Waals surface area contributed by atoms with E-state index in [1.165, 1.54) is 0 Å². The zero-order valence-corrected chi connectivity index (χ0v) is 14.5. The van der Waals surface area contributed by atoms with E-state index in [4.69, 9.17) is 9.05 Å². The minimum atomic E-state index is 0.232. The van der Waals surface area contributed by atoms with E-state index in [0.29, 0.717) is 23.4 Å². The zero-order valence-electron chi connectivity index (χ0n) is 14.5. The summed E-state index contributed by atoms with van der Waals surface area (Å²) < 4.78 is 10.7. The van der Waals surface area contributed by atoms with E-state index in [1.807, 2.05) is 32.9 Å². The third-order valence-electron chi connectivity index (χ3n) is 4.36. The number of pyridine rings is 1. The normalized spacial score (nSPS) is 17.6. The molecular formula is C17H20N6O2. The lowest BCUT2D eigenvalue weighted by Gasteiger charge is -2.17. The Balaban J connectivity index is 1.53. The Bertz CT molecular complexity index is 871. The van der Waals surface area contributed by atoms with Gasteiger partial charge in [0.05, 0.1) is 5.92 Å². The maximum Gasteiger partial charge on any atom is 0.258 e. The summed E-state index contributed by atoms with van der Waals surface area (Å²) in [5, 5.41) is 7.91. The van der Waals surface area contributed by atoms with Crippen LogP contribution in [0.1, 0.15) is 49.6 Å². The van der Waals surface area contributed by atoms with Crippen LogP contribution in [0.25, 0.3) is 11.5 Å². The van der Waals surface area contributed by atoms with Crippen LogP contribution in [0.15, 0.2) is 27.4 Å². The van der Waals surface area contributed by atoms with Gasteiger partial charge in [-0.05, 0) is 25.5 Å². The lowest BCUT2D eigenvalue weighted by molar-refractivity contribution is 0.356. The summed E-state index contributed by atoms with van der Waals surface area (Å²) in [5.74, 6) is 3.97. The molecular weight excluding hydrogens is 320 g/mol. The smallest absolute Gasteiger partial charge is 0.258 e. The van der Waals surface area contributed by atoms with E-state index in [0.717, 1.165) is 30.9 Å². The molecule has 0 aromatic carbocycles. The van der Waals surface area contributed by atoms with Crippen LogP contribution < -0.4 is 4.90 Å². The highest BCUT2D eigenvalue weighted by atomic mass is 16.5. The molecule has 3 aromatic rings. The molecule has 1 fully saturated rings. The van der Waals surface area contributed by atoms with Crippen LogP contribution in [0.2, 0.25) is 0 Å². The van der Waals surface area contributed by atoms with Gasteiger partial charge in [-0.15, -0.1) is 0 Å². The van der Waals surface area contributed by atoms with E-state index in [1.54, 1.807) is 6.20 Å². The summed E-state index contributed by atoms with van der Waals surface area (Å²) in [7, 11) is 0. The van der Waals surface area contributed by atoms with Crippen molar-refractivity contribution >= 4 is 5.82 Å². The van der Waals surface area contributed by atoms with Crippen molar-refractivity contribution in [1.82, 2.24) is 25.3 Å². The minimum absolute atomic E-state index is 0.232. The molecule has 0 N–H and O–H groups in total. The van der Waals surface area contributed by atoms with Gasteiger partial charge in [0.25, 0.3) is 5.89 Å². The maximum absolute atomic E-state index is 5.38. The molecule has 8 heteroatoms. The third kappa shape index (κ3) is 3.11. The van der Waals surface area contributed by atoms with E-state index in [2.05, 4.69) is 30.2 Å². The van der Waals surface area contributed by atoms with Crippen molar-refractivity contribution < 1.29 is 9.05 Å². The second kappa shape index (κ2) is 6.27. The Morgan fingerprint density at radius 1 is 1.20 bits per heavy atom. The lowest BCUT2D eigenvalue weighted by atomic mass is 10.1. The van der Waals surface area contributed by atoms with Gasteiger partial charge in [-0.2, -0.15) is 9.97 Å². The molecule has 1 unspecified atom stereocenters. The summed E-state index contributed by atoms with van der Waals surface area (Å²) in [4.78, 5) is 15.5. The van der Waals surface area contributed by atoms with Crippen LogP contribution in [0, 0.1) is 6.92 Å². The topological polar surface area (TPSA) is 94.0 Å². The highest BCUT2D eigenvalue weighted by Gasteiger charge is 2.29. The number of rotatable bonds is 4. The number of hydrogen-bond donors (Lipinski definition) is 0. The zero-order chi connectivity index (χ0) is 17.4. The summed E-state index contributed by atoms with van der Waals surface area (Å²) in [6.45, 7) is 7.61. The van der Waals surface area contributed by atoms with E-state index < -0.39 is 0 Å². The molecule has 0 bridgehead atoms. The molecule has 1 aliphatic heterocycles. The van der Waals surface area contributed by atoms with E-state index in [9.17, 15) is 0 Å². The highest BCUT2D eigenvalue weighted by molar-refractivity contribution is 5.59. The first-order chi connectivity index (χ1) is 12.1. The molecule has 0 radical (unpaired) electrons. The van der Waals surface area contributed by atoms with Gasteiger partial charge in [-0.1, -0.05) is 24.2 Å². The fourth-order valence-corrected chi connectivity index (χ4v) is 2.96. The molecule has 8 nitrogen and oxygen atoms in total. The monoisotopic (exact) mass is 340 g/mol. The van der Waals surface area contributed by atoms with Crippen molar-refractivity contribution in [2.45, 2.75) is 39.0 Å². The van der Waals surface area contributed by atoms with Crippen LogP contribution in [0.5, 0.6) is 0 Å². The highest BCUT2D eigenvalue weighted by Crippen LogP contribution is 2.30. The first-order valence-electron chi connectivity index (χ1n) is 8.45. The number of anilines is 1. The Hall–Kier alpha value is -2.77. The van der Waals surface area contributed by atoms with Crippen molar-refractivity contribution in [2.75, 3.05) is 18.0 Å². The Morgan fingerprint density at radius 3 is 2.80 bits per heavy atom. The maximum atomic E-state index is 5.38. The van der Waals surface area contributed by atoms with Gasteiger partial charge in [0, 0.05) is 30.8 Å².